The van der Waals surface area contributed by atoms with Crippen LogP contribution in [-0.2, 0) is 11.0 Å². The molecule has 0 aliphatic carbocycles. The summed E-state index contributed by atoms with van der Waals surface area (Å²) in [5, 5.41) is 30.6. The van der Waals surface area contributed by atoms with E-state index in [9.17, 15) is 37.8 Å². The largest absolute Gasteiger partial charge is 0.478 e. The van der Waals surface area contributed by atoms with E-state index >= 15 is 0 Å². The minimum absolute atomic E-state index is 0.102. The normalized spacial score (nSPS) is 11.7. The number of nitrogens with zero attached hydrogens (tertiary/aromatic N) is 3. The summed E-state index contributed by atoms with van der Waals surface area (Å²) in [5.41, 5.74) is 3.06. The molecule has 47 heavy (non-hydrogen) atoms. The average molecular weight is 664 g/mol. The third-order valence-corrected chi connectivity index (χ3v) is 9.55. The van der Waals surface area contributed by atoms with Crippen molar-refractivity contribution >= 4 is 42.4 Å². The first-order valence-electron chi connectivity index (χ1n) is 13.9. The predicted octanol–water partition coefficient (Wildman–Crippen LogP) is 8.23. The second kappa shape index (κ2) is 12.7. The summed E-state index contributed by atoms with van der Waals surface area (Å²) in [6.45, 7) is 0. The van der Waals surface area contributed by atoms with Gasteiger partial charge in [-0.25, -0.2) is 22.2 Å². The van der Waals surface area contributed by atoms with Crippen LogP contribution in [-0.4, -0.2) is 19.3 Å². The number of halogens is 3. The molecule has 6 aromatic rings. The quantitative estimate of drug-likeness (QED) is 0.173. The lowest BCUT2D eigenvalue weighted by Gasteiger charge is -2.16. The highest BCUT2D eigenvalue weighted by Gasteiger charge is 2.28. The summed E-state index contributed by atoms with van der Waals surface area (Å²) in [5.74, 6) is -1.69. The molecule has 0 spiro atoms. The van der Waals surface area contributed by atoms with Gasteiger partial charge in [-0.3, -0.25) is 3.97 Å². The van der Waals surface area contributed by atoms with Crippen LogP contribution < -0.4 is 5.30 Å². The third-order valence-electron chi connectivity index (χ3n) is 7.69. The van der Waals surface area contributed by atoms with Crippen molar-refractivity contribution < 1.29 is 27.3 Å². The number of aromatic nitrogens is 1. The Labute approximate surface area is 271 Å². The number of carboxylic acids is 1. The second-order valence-electron chi connectivity index (χ2n) is 10.4. The molecule has 0 aliphatic rings. The summed E-state index contributed by atoms with van der Waals surface area (Å²) in [6.07, 6.45) is -2.73. The second-order valence-corrected chi connectivity index (χ2v) is 12.4. The summed E-state index contributed by atoms with van der Waals surface area (Å²) in [7, 11) is 0.443. The molecule has 2 atom stereocenters. The molecule has 0 fully saturated rings. The number of benzene rings is 5. The van der Waals surface area contributed by atoms with Crippen LogP contribution in [0.25, 0.3) is 44.4 Å². The molecular weight excluding hydrogens is 642 g/mol. The number of carbonyl (C=O) groups is 1. The van der Waals surface area contributed by atoms with E-state index in [1.807, 2.05) is 6.07 Å². The van der Waals surface area contributed by atoms with Crippen molar-refractivity contribution in [2.24, 2.45) is 0 Å². The van der Waals surface area contributed by atoms with Gasteiger partial charge in [-0.05, 0) is 77.1 Å². The van der Waals surface area contributed by atoms with Gasteiger partial charge in [0.2, 0.25) is 0 Å². The fourth-order valence-electron chi connectivity index (χ4n) is 5.56. The molecule has 11 heteroatoms. The molecule has 2 unspecified atom stereocenters. The number of hydrogen-bond donors (Lipinski definition) is 1. The summed E-state index contributed by atoms with van der Waals surface area (Å²) in [6, 6.07) is 29.5. The Balaban J connectivity index is 1.72. The molecule has 0 saturated heterocycles. The van der Waals surface area contributed by atoms with Crippen LogP contribution in [0.15, 0.2) is 108 Å². The minimum atomic E-state index is -2.73. The monoisotopic (exact) mass is 663 g/mol. The van der Waals surface area contributed by atoms with Gasteiger partial charge in [-0.15, -0.1) is 9.24 Å². The number of fused-ring (bicyclic) bond motifs is 1. The number of carboxylic acid groups (broad SMARTS) is 1. The van der Waals surface area contributed by atoms with Crippen molar-refractivity contribution in [2.75, 3.05) is 0 Å². The molecular formula is C36H21F3N3O3PS. The zero-order valence-electron chi connectivity index (χ0n) is 24.1. The van der Waals surface area contributed by atoms with Crippen molar-refractivity contribution in [3.05, 3.63) is 131 Å². The molecule has 0 radical (unpaired) electrons. The number of rotatable bonds is 7. The first-order chi connectivity index (χ1) is 22.6. The number of aromatic carboxylic acids is 1. The minimum Gasteiger partial charge on any atom is -0.478 e. The van der Waals surface area contributed by atoms with Crippen LogP contribution in [0.2, 0.25) is 0 Å². The average Bonchev–Trinajstić information content (AvgIpc) is 3.41. The van der Waals surface area contributed by atoms with Crippen molar-refractivity contribution in [2.45, 2.75) is 11.3 Å². The van der Waals surface area contributed by atoms with Crippen molar-refractivity contribution in [1.29, 1.82) is 10.5 Å². The van der Waals surface area contributed by atoms with Crippen LogP contribution in [0.1, 0.15) is 33.5 Å². The van der Waals surface area contributed by atoms with Crippen molar-refractivity contribution in [1.82, 2.24) is 3.97 Å². The smallest absolute Gasteiger partial charge is 0.335 e. The van der Waals surface area contributed by atoms with Gasteiger partial charge in [-0.1, -0.05) is 42.5 Å². The van der Waals surface area contributed by atoms with E-state index in [2.05, 4.69) is 21.4 Å². The van der Waals surface area contributed by atoms with Gasteiger partial charge < -0.3 is 5.11 Å². The highest BCUT2D eigenvalue weighted by atomic mass is 32.2. The Kier molecular flexibility index (Phi) is 8.49. The lowest BCUT2D eigenvalue weighted by Crippen LogP contribution is -2.08. The van der Waals surface area contributed by atoms with Gasteiger partial charge in [0.1, 0.15) is 5.82 Å². The van der Waals surface area contributed by atoms with Crippen molar-refractivity contribution in [3.63, 3.8) is 0 Å². The SMILES string of the molecule is N#Cc1cccc(C#N)c1-c1c(-c2cccc(-c3ccc(C(=O)O)cc3P)c2)n(S(=O)c2ccc(C(F)F)cc2)c2ccc(F)cc12. The number of alkyl halides is 2. The van der Waals surface area contributed by atoms with E-state index in [0.29, 0.717) is 27.5 Å². The highest BCUT2D eigenvalue weighted by Crippen LogP contribution is 2.45. The van der Waals surface area contributed by atoms with Gasteiger partial charge in [-0.2, -0.15) is 10.5 Å². The molecule has 0 saturated carbocycles. The zero-order chi connectivity index (χ0) is 33.4. The molecule has 1 N–H and O–H groups in total. The Morgan fingerprint density at radius 2 is 1.49 bits per heavy atom. The summed E-state index contributed by atoms with van der Waals surface area (Å²) >= 11 is 0. The standard InChI is InChI=1S/C36H21F3N3O3PS/c37-26-10-14-30-29(17-26)33(32-24(18-40)5-2-6-25(32)19-41)34(42(30)47(45)27-11-7-20(8-12-27)35(38)39)22-4-1-3-21(15-22)28-13-9-23(36(43)44)16-31(28)46/h1-17,35H,46H2,(H,43,44). The molecule has 0 aliphatic heterocycles. The van der Waals surface area contributed by atoms with Gasteiger partial charge in [0.05, 0.1) is 44.9 Å². The fraction of sp³-hybridized carbons (Fsp3) is 0.0278. The molecule has 6 nitrogen and oxygen atoms in total. The van der Waals surface area contributed by atoms with Crippen LogP contribution in [0, 0.1) is 28.5 Å². The summed E-state index contributed by atoms with van der Waals surface area (Å²) < 4.78 is 57.6. The Morgan fingerprint density at radius 3 is 2.11 bits per heavy atom. The molecule has 230 valence electrons. The van der Waals surface area contributed by atoms with Gasteiger partial charge in [0.25, 0.3) is 6.43 Å². The first-order valence-corrected chi connectivity index (χ1v) is 15.6. The van der Waals surface area contributed by atoms with Gasteiger partial charge in [0, 0.05) is 27.6 Å². The van der Waals surface area contributed by atoms with Gasteiger partial charge >= 0.3 is 5.97 Å². The zero-order valence-corrected chi connectivity index (χ0v) is 26.1. The molecule has 1 aromatic heterocycles. The number of nitriles is 2. The molecule has 0 bridgehead atoms. The fourth-order valence-corrected chi connectivity index (χ4v) is 7.28. The van der Waals surface area contributed by atoms with Crippen LogP contribution in [0.5, 0.6) is 0 Å². The molecule has 1 heterocycles. The van der Waals surface area contributed by atoms with E-state index in [0.717, 1.165) is 0 Å². The van der Waals surface area contributed by atoms with E-state index in [-0.39, 0.29) is 49.4 Å². The molecule has 0 amide bonds. The Hall–Kier alpha value is -5.54. The third kappa shape index (κ3) is 5.70. The Bertz CT molecular complexity index is 2310. The van der Waals surface area contributed by atoms with E-state index in [4.69, 9.17) is 0 Å². The highest BCUT2D eigenvalue weighted by molar-refractivity contribution is 7.83. The van der Waals surface area contributed by atoms with Crippen molar-refractivity contribution in [3.8, 4) is 45.6 Å². The van der Waals surface area contributed by atoms with Crippen LogP contribution >= 0.6 is 9.24 Å². The predicted molar refractivity (Wildman–Crippen MR) is 177 cm³/mol. The van der Waals surface area contributed by atoms with Crippen LogP contribution in [0.3, 0.4) is 0 Å². The van der Waals surface area contributed by atoms with Crippen LogP contribution in [0.4, 0.5) is 13.2 Å². The maximum absolute atomic E-state index is 15.0. The van der Waals surface area contributed by atoms with E-state index < -0.39 is 29.2 Å². The lowest BCUT2D eigenvalue weighted by atomic mass is 9.90. The number of hydrogen-bond acceptors (Lipinski definition) is 4. The lowest BCUT2D eigenvalue weighted by molar-refractivity contribution is 0.0697. The molecule has 5 aromatic carbocycles. The molecule has 6 rings (SSSR count). The summed E-state index contributed by atoms with van der Waals surface area (Å²) in [4.78, 5) is 11.7. The topological polar surface area (TPSA) is 107 Å². The van der Waals surface area contributed by atoms with E-state index in [1.165, 1.54) is 70.7 Å². The van der Waals surface area contributed by atoms with Gasteiger partial charge in [0.15, 0.2) is 11.0 Å². The maximum atomic E-state index is 15.0. The first kappa shape index (κ1) is 31.4. The maximum Gasteiger partial charge on any atom is 0.335 e. The Morgan fingerprint density at radius 1 is 0.830 bits per heavy atom. The van der Waals surface area contributed by atoms with E-state index in [1.54, 1.807) is 30.3 Å².